The van der Waals surface area contributed by atoms with E-state index in [1.165, 1.54) is 38.5 Å². The molecule has 0 aliphatic heterocycles. The topological polar surface area (TPSA) is 153 Å². The molecular weight excluding hydrogens is 367 g/mol. The smallest absolute Gasteiger partial charge is 0.790 e. The quantitative estimate of drug-likeness (QED) is 0.224. The van der Waals surface area contributed by atoms with Crippen molar-refractivity contribution >= 4 is 15.6 Å². The number of phosphoric acid groups is 2. The summed E-state index contributed by atoms with van der Waals surface area (Å²) < 4.78 is 21.4. The zero-order chi connectivity index (χ0) is 15.4. The molecule has 0 fully saturated rings. The zero-order valence-corrected chi connectivity index (χ0v) is 21.7. The molecule has 0 aliphatic carbocycles. The summed E-state index contributed by atoms with van der Waals surface area (Å²) in [6.07, 6.45) is 8.93. The van der Waals surface area contributed by atoms with Crippen LogP contribution in [0.15, 0.2) is 0 Å². The molecule has 0 rings (SSSR count). The number of unbranched alkanes of at least 4 members (excludes halogenated alkanes) is 6. The van der Waals surface area contributed by atoms with Gasteiger partial charge in [0.1, 0.15) is 0 Å². The fraction of sp³-hybridized carbons (Fsp3) is 1.00. The molecule has 0 saturated carbocycles. The first-order chi connectivity index (χ1) is 8.62. The van der Waals surface area contributed by atoms with Gasteiger partial charge in [-0.1, -0.05) is 45.4 Å². The van der Waals surface area contributed by atoms with Crippen molar-refractivity contribution in [1.29, 1.82) is 0 Å². The summed E-state index contributed by atoms with van der Waals surface area (Å²) in [5.74, 6) is 0. The summed E-state index contributed by atoms with van der Waals surface area (Å²) in [4.78, 5) is 35.7. The van der Waals surface area contributed by atoms with Crippen LogP contribution < -0.4 is 103 Å². The summed E-state index contributed by atoms with van der Waals surface area (Å²) >= 11 is 0. The molecule has 0 radical (unpaired) electrons. The molecule has 118 valence electrons. The minimum atomic E-state index is -5.61. The van der Waals surface area contributed by atoms with Crippen molar-refractivity contribution in [1.82, 2.24) is 0 Å². The fourth-order valence-corrected chi connectivity index (χ4v) is 2.21. The van der Waals surface area contributed by atoms with E-state index in [-0.39, 0.29) is 88.7 Å². The van der Waals surface area contributed by atoms with Crippen molar-refractivity contribution < 1.29 is 127 Å². The average molecular weight is 388 g/mol. The van der Waals surface area contributed by atoms with Gasteiger partial charge in [-0.05, 0) is 6.42 Å². The molecule has 13 heteroatoms. The predicted octanol–water partition coefficient (Wildman–Crippen LogP) is -8.97. The minimum Gasteiger partial charge on any atom is -0.790 e. The molecule has 1 atom stereocenters. The van der Waals surface area contributed by atoms with Crippen LogP contribution in [0, 0.1) is 0 Å². The Morgan fingerprint density at radius 2 is 1.23 bits per heavy atom. The van der Waals surface area contributed by atoms with E-state index < -0.39 is 15.6 Å². The van der Waals surface area contributed by atoms with E-state index in [9.17, 15) is 23.8 Å². The third-order valence-electron chi connectivity index (χ3n) is 1.96. The molecule has 2 N–H and O–H groups in total. The van der Waals surface area contributed by atoms with Gasteiger partial charge in [-0.3, -0.25) is 8.88 Å². The predicted molar refractivity (Wildman–Crippen MR) is 63.6 cm³/mol. The van der Waals surface area contributed by atoms with E-state index >= 15 is 0 Å². The Bertz CT molecular complexity index is 269. The Hall–Kier alpha value is 3.22. The van der Waals surface area contributed by atoms with Gasteiger partial charge < -0.3 is 29.2 Å². The molecule has 1 unspecified atom stereocenters. The molecule has 22 heavy (non-hydrogen) atoms. The zero-order valence-electron chi connectivity index (χ0n) is 13.9. The second kappa shape index (κ2) is 22.3. The maximum absolute atomic E-state index is 9.44. The molecular formula is C9H21Na3O8P2. The standard InChI is InChI=1S/C9H20O.3Na.H4O7P2/c1-2-3-4-5-6-7-8-9-10;;;;1-8(2,3)7-9(4,5)6/h10H,2-9H2,1H3;;;;(H2,1,2,3)(H2,4,5,6)/q;3*+1;/p-3. The van der Waals surface area contributed by atoms with E-state index in [2.05, 4.69) is 11.2 Å². The van der Waals surface area contributed by atoms with Crippen molar-refractivity contribution in [2.45, 2.75) is 51.9 Å². The molecule has 8 nitrogen and oxygen atoms in total. The van der Waals surface area contributed by atoms with Crippen molar-refractivity contribution in [3.05, 3.63) is 0 Å². The number of rotatable bonds is 9. The Kier molecular flexibility index (Phi) is 36.6. The Labute approximate surface area is 198 Å². The second-order valence-electron chi connectivity index (χ2n) is 3.84. The largest absolute Gasteiger partial charge is 1.00 e. The van der Waals surface area contributed by atoms with E-state index in [4.69, 9.17) is 10.00 Å². The van der Waals surface area contributed by atoms with Gasteiger partial charge in [-0.15, -0.1) is 0 Å². The van der Waals surface area contributed by atoms with Crippen LogP contribution in [-0.4, -0.2) is 16.6 Å². The molecule has 0 saturated heterocycles. The number of hydrogen-bond donors (Lipinski definition) is 2. The number of aliphatic hydroxyl groups is 1. The second-order valence-corrected chi connectivity index (χ2v) is 6.33. The third-order valence-corrected chi connectivity index (χ3v) is 3.59. The van der Waals surface area contributed by atoms with E-state index in [0.29, 0.717) is 6.61 Å². The first kappa shape index (κ1) is 36.2. The van der Waals surface area contributed by atoms with Crippen molar-refractivity contribution in [3.8, 4) is 0 Å². The van der Waals surface area contributed by atoms with E-state index in [1.807, 2.05) is 0 Å². The maximum atomic E-state index is 9.44. The van der Waals surface area contributed by atoms with Gasteiger partial charge >= 0.3 is 88.7 Å². The summed E-state index contributed by atoms with van der Waals surface area (Å²) in [6.45, 7) is 2.60. The van der Waals surface area contributed by atoms with Gasteiger partial charge in [-0.2, -0.15) is 0 Å². The van der Waals surface area contributed by atoms with Gasteiger partial charge in [0.15, 0.2) is 0 Å². The molecule has 0 heterocycles. The molecule has 0 aromatic heterocycles. The molecule has 0 aromatic carbocycles. The Balaban J connectivity index is -0.0000000774. The normalized spacial score (nSPS) is 12.5. The summed E-state index contributed by atoms with van der Waals surface area (Å²) in [5, 5.41) is 8.47. The summed E-state index contributed by atoms with van der Waals surface area (Å²) in [5.41, 5.74) is 0. The Morgan fingerprint density at radius 1 is 0.864 bits per heavy atom. The van der Waals surface area contributed by atoms with Gasteiger partial charge in [-0.25, -0.2) is 0 Å². The Morgan fingerprint density at radius 3 is 1.45 bits per heavy atom. The van der Waals surface area contributed by atoms with Crippen LogP contribution in [0.5, 0.6) is 0 Å². The number of hydrogen-bond acceptors (Lipinski definition) is 7. The molecule has 0 spiro atoms. The molecule has 0 amide bonds. The first-order valence-electron chi connectivity index (χ1n) is 6.00. The summed E-state index contributed by atoms with van der Waals surface area (Å²) in [7, 11) is -11.0. The average Bonchev–Trinajstić information content (AvgIpc) is 2.19. The number of aliphatic hydroxyl groups excluding tert-OH is 1. The van der Waals surface area contributed by atoms with E-state index in [0.717, 1.165) is 6.42 Å². The van der Waals surface area contributed by atoms with Crippen LogP contribution in [-0.2, 0) is 13.4 Å². The summed E-state index contributed by atoms with van der Waals surface area (Å²) in [6, 6.07) is 0. The van der Waals surface area contributed by atoms with Gasteiger partial charge in [0.2, 0.25) is 0 Å². The fourth-order valence-electron chi connectivity index (χ4n) is 1.20. The van der Waals surface area contributed by atoms with Gasteiger partial charge in [0, 0.05) is 6.61 Å². The minimum absolute atomic E-state index is 0. The molecule has 0 bridgehead atoms. The van der Waals surface area contributed by atoms with Gasteiger partial charge in [0.05, 0.1) is 7.82 Å². The monoisotopic (exact) mass is 388 g/mol. The van der Waals surface area contributed by atoms with E-state index in [1.54, 1.807) is 0 Å². The molecule has 0 aliphatic rings. The maximum Gasteiger partial charge on any atom is 1.00 e. The van der Waals surface area contributed by atoms with Crippen LogP contribution in [0.2, 0.25) is 0 Å². The van der Waals surface area contributed by atoms with Crippen LogP contribution in [0.25, 0.3) is 0 Å². The molecule has 0 aromatic rings. The van der Waals surface area contributed by atoms with Crippen molar-refractivity contribution in [2.24, 2.45) is 0 Å². The van der Waals surface area contributed by atoms with Crippen LogP contribution in [0.1, 0.15) is 51.9 Å². The third kappa shape index (κ3) is 43.6. The first-order valence-corrected chi connectivity index (χ1v) is 8.96. The van der Waals surface area contributed by atoms with Crippen LogP contribution in [0.3, 0.4) is 0 Å². The van der Waals surface area contributed by atoms with Gasteiger partial charge in [0.25, 0.3) is 7.82 Å². The van der Waals surface area contributed by atoms with Crippen molar-refractivity contribution in [3.63, 3.8) is 0 Å². The van der Waals surface area contributed by atoms with Crippen LogP contribution in [0.4, 0.5) is 0 Å². The van der Waals surface area contributed by atoms with Crippen LogP contribution >= 0.6 is 15.6 Å². The van der Waals surface area contributed by atoms with Crippen molar-refractivity contribution in [2.75, 3.05) is 6.61 Å². The SMILES string of the molecule is CCCCCCCCCO.O=P([O-])([O-])OP(=O)([O-])O.[Na+].[Na+].[Na+].